The van der Waals surface area contributed by atoms with Crippen molar-refractivity contribution in [3.8, 4) is 0 Å². The normalized spacial score (nSPS) is 21.7. The lowest BCUT2D eigenvalue weighted by atomic mass is 10.2. The first kappa shape index (κ1) is 11.1. The lowest BCUT2D eigenvalue weighted by Crippen LogP contribution is -2.34. The molecule has 1 saturated heterocycles. The van der Waals surface area contributed by atoms with Gasteiger partial charge < -0.3 is 14.8 Å². The Bertz CT molecular complexity index is 258. The van der Waals surface area contributed by atoms with Gasteiger partial charge in [-0.05, 0) is 24.3 Å². The highest BCUT2D eigenvalue weighted by molar-refractivity contribution is 7.09. The lowest BCUT2D eigenvalue weighted by Gasteiger charge is -2.22. The van der Waals surface area contributed by atoms with E-state index in [1.165, 1.54) is 4.88 Å². The molecule has 15 heavy (non-hydrogen) atoms. The van der Waals surface area contributed by atoms with E-state index in [0.29, 0.717) is 12.9 Å². The van der Waals surface area contributed by atoms with E-state index in [2.05, 4.69) is 22.8 Å². The summed E-state index contributed by atoms with van der Waals surface area (Å²) in [6, 6.07) is 4.28. The van der Waals surface area contributed by atoms with Gasteiger partial charge in [-0.2, -0.15) is 0 Å². The van der Waals surface area contributed by atoms with Crippen molar-refractivity contribution < 1.29 is 9.47 Å². The van der Waals surface area contributed by atoms with Crippen LogP contribution < -0.4 is 5.32 Å². The molecule has 1 N–H and O–H groups in total. The van der Waals surface area contributed by atoms with Crippen molar-refractivity contribution in [1.29, 1.82) is 0 Å². The van der Waals surface area contributed by atoms with E-state index in [-0.39, 0.29) is 0 Å². The van der Waals surface area contributed by atoms with E-state index in [0.717, 1.165) is 32.5 Å². The summed E-state index contributed by atoms with van der Waals surface area (Å²) in [5.41, 5.74) is 0. The second kappa shape index (κ2) is 6.23. The van der Waals surface area contributed by atoms with Crippen LogP contribution in [0.2, 0.25) is 0 Å². The topological polar surface area (TPSA) is 30.5 Å². The summed E-state index contributed by atoms with van der Waals surface area (Å²) in [5, 5.41) is 5.54. The number of ether oxygens (including phenoxy) is 2. The standard InChI is InChI=1S/C11H17NO2S/c1-2-11(15-7-1)3-5-12-8-10-4-6-13-9-14-10/h1-2,7,10,12H,3-6,8-9H2. The van der Waals surface area contributed by atoms with Gasteiger partial charge in [0.05, 0.1) is 12.7 Å². The molecule has 0 aliphatic carbocycles. The minimum Gasteiger partial charge on any atom is -0.355 e. The predicted molar refractivity (Wildman–Crippen MR) is 61.2 cm³/mol. The van der Waals surface area contributed by atoms with Crippen molar-refractivity contribution in [2.75, 3.05) is 26.5 Å². The third-order valence-corrected chi connectivity index (χ3v) is 3.41. The van der Waals surface area contributed by atoms with Crippen molar-refractivity contribution in [1.82, 2.24) is 5.32 Å². The fourth-order valence-electron chi connectivity index (χ4n) is 1.59. The molecule has 0 aromatic carbocycles. The van der Waals surface area contributed by atoms with Crippen LogP contribution >= 0.6 is 11.3 Å². The Morgan fingerprint density at radius 2 is 2.53 bits per heavy atom. The lowest BCUT2D eigenvalue weighted by molar-refractivity contribution is -0.137. The summed E-state index contributed by atoms with van der Waals surface area (Å²) in [7, 11) is 0. The molecular formula is C11H17NO2S. The first-order chi connectivity index (χ1) is 7.45. The second-order valence-electron chi connectivity index (χ2n) is 3.64. The molecule has 1 unspecified atom stereocenters. The second-order valence-corrected chi connectivity index (χ2v) is 4.67. The number of rotatable bonds is 5. The van der Waals surface area contributed by atoms with Gasteiger partial charge >= 0.3 is 0 Å². The summed E-state index contributed by atoms with van der Waals surface area (Å²) in [6.07, 6.45) is 2.45. The Morgan fingerprint density at radius 3 is 3.27 bits per heavy atom. The molecule has 2 heterocycles. The summed E-state index contributed by atoms with van der Waals surface area (Å²) in [4.78, 5) is 1.44. The highest BCUT2D eigenvalue weighted by Crippen LogP contribution is 2.08. The summed E-state index contributed by atoms with van der Waals surface area (Å²) < 4.78 is 10.5. The van der Waals surface area contributed by atoms with Crippen LogP contribution in [0.25, 0.3) is 0 Å². The molecule has 2 rings (SSSR count). The van der Waals surface area contributed by atoms with E-state index in [9.17, 15) is 0 Å². The van der Waals surface area contributed by atoms with E-state index >= 15 is 0 Å². The smallest absolute Gasteiger partial charge is 0.147 e. The van der Waals surface area contributed by atoms with Crippen molar-refractivity contribution >= 4 is 11.3 Å². The van der Waals surface area contributed by atoms with E-state index in [4.69, 9.17) is 9.47 Å². The van der Waals surface area contributed by atoms with E-state index in [1.807, 2.05) is 11.3 Å². The van der Waals surface area contributed by atoms with Crippen LogP contribution in [0.15, 0.2) is 17.5 Å². The highest BCUT2D eigenvalue weighted by Gasteiger charge is 2.12. The Balaban J connectivity index is 1.54. The molecule has 1 atom stereocenters. The molecule has 0 spiro atoms. The van der Waals surface area contributed by atoms with Crippen LogP contribution in [0, 0.1) is 0 Å². The minimum atomic E-state index is 0.335. The average Bonchev–Trinajstić information content (AvgIpc) is 2.79. The molecule has 3 nitrogen and oxygen atoms in total. The zero-order valence-corrected chi connectivity index (χ0v) is 9.59. The molecule has 0 saturated carbocycles. The van der Waals surface area contributed by atoms with Gasteiger partial charge in [-0.3, -0.25) is 0 Å². The summed E-state index contributed by atoms with van der Waals surface area (Å²) >= 11 is 1.82. The van der Waals surface area contributed by atoms with E-state index in [1.54, 1.807) is 0 Å². The quantitative estimate of drug-likeness (QED) is 0.776. The number of hydrogen-bond donors (Lipinski definition) is 1. The summed E-state index contributed by atoms with van der Waals surface area (Å²) in [5.74, 6) is 0. The van der Waals surface area contributed by atoms with Crippen molar-refractivity contribution in [3.63, 3.8) is 0 Å². The van der Waals surface area contributed by atoms with Crippen molar-refractivity contribution in [2.24, 2.45) is 0 Å². The van der Waals surface area contributed by atoms with Crippen molar-refractivity contribution in [2.45, 2.75) is 18.9 Å². The van der Waals surface area contributed by atoms with Crippen LogP contribution in [0.1, 0.15) is 11.3 Å². The Kier molecular flexibility index (Phi) is 4.60. The largest absolute Gasteiger partial charge is 0.355 e. The fraction of sp³-hybridized carbons (Fsp3) is 0.636. The third-order valence-electron chi connectivity index (χ3n) is 2.47. The van der Waals surface area contributed by atoms with Crippen LogP contribution in [0.5, 0.6) is 0 Å². The zero-order valence-electron chi connectivity index (χ0n) is 8.78. The van der Waals surface area contributed by atoms with Crippen LogP contribution in [-0.2, 0) is 15.9 Å². The van der Waals surface area contributed by atoms with Gasteiger partial charge in [-0.25, -0.2) is 0 Å². The zero-order chi connectivity index (χ0) is 10.3. The molecule has 1 aromatic heterocycles. The molecule has 0 amide bonds. The Labute approximate surface area is 94.4 Å². The van der Waals surface area contributed by atoms with Gasteiger partial charge in [-0.15, -0.1) is 11.3 Å². The van der Waals surface area contributed by atoms with Gasteiger partial charge in [0.1, 0.15) is 6.79 Å². The monoisotopic (exact) mass is 227 g/mol. The third kappa shape index (κ3) is 3.91. The fourth-order valence-corrected chi connectivity index (χ4v) is 2.30. The summed E-state index contributed by atoms with van der Waals surface area (Å²) in [6.45, 7) is 3.25. The van der Waals surface area contributed by atoms with Crippen molar-refractivity contribution in [3.05, 3.63) is 22.4 Å². The molecule has 0 radical (unpaired) electrons. The first-order valence-corrected chi connectivity index (χ1v) is 6.25. The predicted octanol–water partition coefficient (Wildman–Crippen LogP) is 1.64. The molecule has 1 fully saturated rings. The maximum atomic E-state index is 5.43. The van der Waals surface area contributed by atoms with E-state index < -0.39 is 0 Å². The maximum Gasteiger partial charge on any atom is 0.147 e. The molecule has 1 aliphatic heterocycles. The number of hydrogen-bond acceptors (Lipinski definition) is 4. The van der Waals surface area contributed by atoms with Gasteiger partial charge in [0.25, 0.3) is 0 Å². The first-order valence-electron chi connectivity index (χ1n) is 5.37. The van der Waals surface area contributed by atoms with Gasteiger partial charge in [0.15, 0.2) is 0 Å². The Morgan fingerprint density at radius 1 is 1.53 bits per heavy atom. The average molecular weight is 227 g/mol. The number of thiophene rings is 1. The molecule has 0 bridgehead atoms. The molecule has 1 aromatic rings. The van der Waals surface area contributed by atoms with Crippen LogP contribution in [0.3, 0.4) is 0 Å². The molecule has 84 valence electrons. The van der Waals surface area contributed by atoms with Crippen LogP contribution in [0.4, 0.5) is 0 Å². The van der Waals surface area contributed by atoms with Gasteiger partial charge in [-0.1, -0.05) is 6.07 Å². The minimum absolute atomic E-state index is 0.335. The molecule has 4 heteroatoms. The van der Waals surface area contributed by atoms with Gasteiger partial charge in [0, 0.05) is 18.0 Å². The SMILES string of the molecule is c1csc(CCNCC2CCOCO2)c1. The van der Waals surface area contributed by atoms with Gasteiger partial charge in [0.2, 0.25) is 0 Å². The number of nitrogens with one attached hydrogen (secondary N) is 1. The Hall–Kier alpha value is -0.420. The highest BCUT2D eigenvalue weighted by atomic mass is 32.1. The molecule has 1 aliphatic rings. The maximum absolute atomic E-state index is 5.43. The molecular weight excluding hydrogens is 210 g/mol. The van der Waals surface area contributed by atoms with Crippen LogP contribution in [-0.4, -0.2) is 32.6 Å².